The van der Waals surface area contributed by atoms with E-state index in [1.54, 1.807) is 24.2 Å². The summed E-state index contributed by atoms with van der Waals surface area (Å²) in [5.41, 5.74) is 1.54. The molecule has 2 heterocycles. The molecule has 120 valence electrons. The van der Waals surface area contributed by atoms with Gasteiger partial charge in [0.25, 0.3) is 0 Å². The quantitative estimate of drug-likeness (QED) is 0.712. The molecule has 1 aromatic carbocycles. The van der Waals surface area contributed by atoms with Gasteiger partial charge in [0.1, 0.15) is 12.6 Å². The lowest BCUT2D eigenvalue weighted by molar-refractivity contribution is 0.199. The molecule has 1 unspecified atom stereocenters. The SMILES string of the molecule is COCCc1noc(Cn2cc(C(O)c3ccccc3)cn2)n1. The minimum Gasteiger partial charge on any atom is -0.384 e. The lowest BCUT2D eigenvalue weighted by atomic mass is 10.1. The average molecular weight is 314 g/mol. The van der Waals surface area contributed by atoms with Gasteiger partial charge < -0.3 is 14.4 Å². The summed E-state index contributed by atoms with van der Waals surface area (Å²) in [6.07, 6.45) is 3.32. The molecule has 0 bridgehead atoms. The Hall–Kier alpha value is -2.51. The van der Waals surface area contributed by atoms with Crippen LogP contribution in [-0.4, -0.2) is 38.7 Å². The molecular weight excluding hydrogens is 296 g/mol. The van der Waals surface area contributed by atoms with E-state index in [0.717, 1.165) is 11.1 Å². The van der Waals surface area contributed by atoms with E-state index >= 15 is 0 Å². The van der Waals surface area contributed by atoms with Gasteiger partial charge in [-0.2, -0.15) is 10.1 Å². The van der Waals surface area contributed by atoms with Gasteiger partial charge in [-0.3, -0.25) is 4.68 Å². The van der Waals surface area contributed by atoms with Gasteiger partial charge in [0.05, 0.1) is 12.8 Å². The molecule has 2 aromatic heterocycles. The Morgan fingerprint density at radius 3 is 2.87 bits per heavy atom. The van der Waals surface area contributed by atoms with Crippen LogP contribution in [0.2, 0.25) is 0 Å². The molecule has 0 saturated carbocycles. The van der Waals surface area contributed by atoms with E-state index in [-0.39, 0.29) is 0 Å². The summed E-state index contributed by atoms with van der Waals surface area (Å²) in [6, 6.07) is 9.45. The van der Waals surface area contributed by atoms with Crippen LogP contribution in [-0.2, 0) is 17.7 Å². The molecule has 7 nitrogen and oxygen atoms in total. The van der Waals surface area contributed by atoms with E-state index < -0.39 is 6.10 Å². The lowest BCUT2D eigenvalue weighted by Crippen LogP contribution is -2.02. The Balaban J connectivity index is 1.66. The minimum absolute atomic E-state index is 0.363. The van der Waals surface area contributed by atoms with Crippen molar-refractivity contribution in [3.8, 4) is 0 Å². The van der Waals surface area contributed by atoms with Crippen molar-refractivity contribution in [1.82, 2.24) is 19.9 Å². The summed E-state index contributed by atoms with van der Waals surface area (Å²) in [5.74, 6) is 1.08. The molecule has 0 aliphatic rings. The van der Waals surface area contributed by atoms with Crippen LogP contribution in [0, 0.1) is 0 Å². The van der Waals surface area contributed by atoms with E-state index in [9.17, 15) is 5.11 Å². The zero-order valence-electron chi connectivity index (χ0n) is 12.8. The third-order valence-corrected chi connectivity index (χ3v) is 3.42. The molecule has 3 rings (SSSR count). The largest absolute Gasteiger partial charge is 0.384 e. The first kappa shape index (κ1) is 15.4. The molecule has 3 aromatic rings. The van der Waals surface area contributed by atoms with Crippen LogP contribution in [0.1, 0.15) is 28.9 Å². The maximum Gasteiger partial charge on any atom is 0.248 e. The molecule has 23 heavy (non-hydrogen) atoms. The number of aliphatic hydroxyl groups is 1. The monoisotopic (exact) mass is 314 g/mol. The highest BCUT2D eigenvalue weighted by Crippen LogP contribution is 2.21. The van der Waals surface area contributed by atoms with Crippen molar-refractivity contribution in [3.05, 3.63) is 65.6 Å². The molecule has 1 N–H and O–H groups in total. The van der Waals surface area contributed by atoms with Crippen molar-refractivity contribution in [1.29, 1.82) is 0 Å². The Labute approximate surface area is 133 Å². The summed E-state index contributed by atoms with van der Waals surface area (Å²) in [5, 5.41) is 18.5. The second-order valence-electron chi connectivity index (χ2n) is 5.13. The van der Waals surface area contributed by atoms with E-state index in [4.69, 9.17) is 9.26 Å². The maximum atomic E-state index is 10.4. The number of methoxy groups -OCH3 is 1. The zero-order chi connectivity index (χ0) is 16.1. The average Bonchev–Trinajstić information content (AvgIpc) is 3.23. The van der Waals surface area contributed by atoms with Gasteiger partial charge in [0.15, 0.2) is 5.82 Å². The number of hydrogen-bond donors (Lipinski definition) is 1. The fourth-order valence-electron chi connectivity index (χ4n) is 2.22. The number of rotatable bonds is 7. The normalized spacial score (nSPS) is 12.4. The van der Waals surface area contributed by atoms with E-state index in [1.807, 2.05) is 30.3 Å². The first-order valence-corrected chi connectivity index (χ1v) is 7.32. The molecular formula is C16H18N4O3. The Bertz CT molecular complexity index is 739. The molecule has 0 spiro atoms. The van der Waals surface area contributed by atoms with Crippen LogP contribution >= 0.6 is 0 Å². The first-order chi connectivity index (χ1) is 11.3. The third-order valence-electron chi connectivity index (χ3n) is 3.42. The number of aromatic nitrogens is 4. The fourth-order valence-corrected chi connectivity index (χ4v) is 2.22. The van der Waals surface area contributed by atoms with Gasteiger partial charge in [-0.25, -0.2) is 0 Å². The zero-order valence-corrected chi connectivity index (χ0v) is 12.8. The van der Waals surface area contributed by atoms with Crippen molar-refractivity contribution in [2.45, 2.75) is 19.1 Å². The highest BCUT2D eigenvalue weighted by molar-refractivity contribution is 5.26. The Morgan fingerprint density at radius 2 is 2.09 bits per heavy atom. The van der Waals surface area contributed by atoms with Crippen molar-refractivity contribution >= 4 is 0 Å². The van der Waals surface area contributed by atoms with Crippen LogP contribution in [0.3, 0.4) is 0 Å². The Kier molecular flexibility index (Phi) is 4.80. The van der Waals surface area contributed by atoms with Crippen LogP contribution in [0.5, 0.6) is 0 Å². The molecule has 0 saturated heterocycles. The molecule has 0 aliphatic heterocycles. The molecule has 7 heteroatoms. The van der Waals surface area contributed by atoms with Gasteiger partial charge in [-0.05, 0) is 5.56 Å². The summed E-state index contributed by atoms with van der Waals surface area (Å²) in [6.45, 7) is 0.912. The highest BCUT2D eigenvalue weighted by atomic mass is 16.5. The molecule has 0 radical (unpaired) electrons. The van der Waals surface area contributed by atoms with Gasteiger partial charge >= 0.3 is 0 Å². The van der Waals surface area contributed by atoms with Crippen molar-refractivity contribution in [2.24, 2.45) is 0 Å². The molecule has 0 fully saturated rings. The standard InChI is InChI=1S/C16H18N4O3/c1-22-8-7-14-18-15(23-19-14)11-20-10-13(9-17-20)16(21)12-5-3-2-4-6-12/h2-6,9-10,16,21H,7-8,11H2,1H3. The van der Waals surface area contributed by atoms with E-state index in [2.05, 4.69) is 15.2 Å². The number of hydrogen-bond acceptors (Lipinski definition) is 6. The number of aliphatic hydroxyl groups excluding tert-OH is 1. The highest BCUT2D eigenvalue weighted by Gasteiger charge is 2.13. The third kappa shape index (κ3) is 3.82. The van der Waals surface area contributed by atoms with Gasteiger partial charge in [0, 0.05) is 25.3 Å². The van der Waals surface area contributed by atoms with Gasteiger partial charge in [-0.1, -0.05) is 35.5 Å². The van der Waals surface area contributed by atoms with Gasteiger partial charge in [-0.15, -0.1) is 0 Å². The summed E-state index contributed by atoms with van der Waals surface area (Å²) in [7, 11) is 1.63. The van der Waals surface area contributed by atoms with E-state index in [1.165, 1.54) is 0 Å². The van der Waals surface area contributed by atoms with Crippen molar-refractivity contribution in [3.63, 3.8) is 0 Å². The lowest BCUT2D eigenvalue weighted by Gasteiger charge is -2.07. The maximum absolute atomic E-state index is 10.4. The van der Waals surface area contributed by atoms with Crippen LogP contribution in [0.4, 0.5) is 0 Å². The second-order valence-corrected chi connectivity index (χ2v) is 5.13. The summed E-state index contributed by atoms with van der Waals surface area (Å²) >= 11 is 0. The summed E-state index contributed by atoms with van der Waals surface area (Å²) < 4.78 is 11.8. The molecule has 1 atom stereocenters. The number of nitrogens with zero attached hydrogens (tertiary/aromatic N) is 4. The predicted octanol–water partition coefficient (Wildman–Crippen LogP) is 1.58. The van der Waals surface area contributed by atoms with Gasteiger partial charge in [0.2, 0.25) is 5.89 Å². The number of benzene rings is 1. The predicted molar refractivity (Wildman–Crippen MR) is 81.7 cm³/mol. The minimum atomic E-state index is -0.704. The van der Waals surface area contributed by atoms with Crippen molar-refractivity contribution in [2.75, 3.05) is 13.7 Å². The number of ether oxygens (including phenoxy) is 1. The van der Waals surface area contributed by atoms with Crippen molar-refractivity contribution < 1.29 is 14.4 Å². The first-order valence-electron chi connectivity index (χ1n) is 7.32. The van der Waals surface area contributed by atoms with Crippen LogP contribution in [0.15, 0.2) is 47.2 Å². The van der Waals surface area contributed by atoms with E-state index in [0.29, 0.717) is 31.3 Å². The van der Waals surface area contributed by atoms with Crippen LogP contribution in [0.25, 0.3) is 0 Å². The fraction of sp³-hybridized carbons (Fsp3) is 0.312. The Morgan fingerprint density at radius 1 is 1.26 bits per heavy atom. The topological polar surface area (TPSA) is 86.2 Å². The molecule has 0 aliphatic carbocycles. The smallest absolute Gasteiger partial charge is 0.248 e. The molecule has 0 amide bonds. The summed E-state index contributed by atoms with van der Waals surface area (Å²) in [4.78, 5) is 4.27. The second kappa shape index (κ2) is 7.17. The van der Waals surface area contributed by atoms with Crippen LogP contribution < -0.4 is 0 Å².